The number of hydrogen-bond donors (Lipinski definition) is 3. The first-order chi connectivity index (χ1) is 14.7. The third kappa shape index (κ3) is 4.85. The van der Waals surface area contributed by atoms with Crippen molar-refractivity contribution in [3.63, 3.8) is 0 Å². The maximum Gasteiger partial charge on any atom is 0.315 e. The zero-order valence-electron chi connectivity index (χ0n) is 19.1. The molecular formula is C25H34N4O2. The van der Waals surface area contributed by atoms with E-state index < -0.39 is 0 Å². The van der Waals surface area contributed by atoms with E-state index in [0.717, 1.165) is 38.5 Å². The highest BCUT2D eigenvalue weighted by atomic mass is 16.2. The Morgan fingerprint density at radius 2 is 2.10 bits per heavy atom. The summed E-state index contributed by atoms with van der Waals surface area (Å²) in [6.07, 6.45) is 7.15. The highest BCUT2D eigenvalue weighted by Gasteiger charge is 2.41. The molecular weight excluding hydrogens is 388 g/mol. The van der Waals surface area contributed by atoms with E-state index in [1.54, 1.807) is 6.08 Å². The number of aryl methyl sites for hydroxylation is 2. The van der Waals surface area contributed by atoms with E-state index in [1.165, 1.54) is 27.7 Å². The summed E-state index contributed by atoms with van der Waals surface area (Å²) in [4.78, 5) is 31.0. The quantitative estimate of drug-likeness (QED) is 0.498. The molecule has 0 spiro atoms. The van der Waals surface area contributed by atoms with Crippen LogP contribution >= 0.6 is 0 Å². The van der Waals surface area contributed by atoms with Crippen molar-refractivity contribution in [1.29, 1.82) is 0 Å². The van der Waals surface area contributed by atoms with Gasteiger partial charge in [-0.05, 0) is 67.6 Å². The minimum absolute atomic E-state index is 0.0153. The van der Waals surface area contributed by atoms with Gasteiger partial charge in [0.2, 0.25) is 6.08 Å². The normalized spacial score (nSPS) is 27.2. The maximum absolute atomic E-state index is 12.7. The van der Waals surface area contributed by atoms with Crippen molar-refractivity contribution in [2.45, 2.75) is 78.3 Å². The Balaban J connectivity index is 1.35. The van der Waals surface area contributed by atoms with Gasteiger partial charge in [0.15, 0.2) is 0 Å². The average molecular weight is 423 g/mol. The molecule has 1 fully saturated rings. The second kappa shape index (κ2) is 8.16. The number of hydrogen-bond acceptors (Lipinski definition) is 3. The molecule has 3 N–H and O–H groups in total. The number of aromatic nitrogens is 1. The van der Waals surface area contributed by atoms with Crippen LogP contribution in [0.2, 0.25) is 0 Å². The Hall–Kier alpha value is -2.59. The predicted molar refractivity (Wildman–Crippen MR) is 123 cm³/mol. The lowest BCUT2D eigenvalue weighted by molar-refractivity contribution is 0.0849. The van der Waals surface area contributed by atoms with Crippen LogP contribution in [0.4, 0.5) is 4.79 Å². The van der Waals surface area contributed by atoms with Gasteiger partial charge in [-0.15, -0.1) is 0 Å². The summed E-state index contributed by atoms with van der Waals surface area (Å²) in [6, 6.07) is 6.53. The molecule has 0 saturated heterocycles. The Bertz CT molecular complexity index is 1030. The molecule has 2 aromatic rings. The smallest absolute Gasteiger partial charge is 0.315 e. The number of fused-ring (bicyclic) bond motifs is 3. The lowest BCUT2D eigenvalue weighted by Gasteiger charge is -2.45. The van der Waals surface area contributed by atoms with E-state index in [9.17, 15) is 9.59 Å². The van der Waals surface area contributed by atoms with E-state index in [2.05, 4.69) is 66.5 Å². The van der Waals surface area contributed by atoms with Gasteiger partial charge in [-0.3, -0.25) is 0 Å². The van der Waals surface area contributed by atoms with Crippen LogP contribution in [0.3, 0.4) is 0 Å². The number of nitrogens with one attached hydrogen (secondary N) is 3. The van der Waals surface area contributed by atoms with Crippen molar-refractivity contribution < 1.29 is 9.59 Å². The Labute approximate surface area is 184 Å². The zero-order chi connectivity index (χ0) is 22.2. The molecule has 2 aliphatic carbocycles. The molecule has 1 heterocycles. The topological polar surface area (TPSA) is 86.3 Å². The number of aliphatic imine (C=N–C) groups is 1. The van der Waals surface area contributed by atoms with Crippen LogP contribution in [-0.2, 0) is 17.6 Å². The highest BCUT2D eigenvalue weighted by Crippen LogP contribution is 2.46. The number of aromatic amines is 1. The molecule has 0 aliphatic heterocycles. The van der Waals surface area contributed by atoms with E-state index in [-0.39, 0.29) is 28.9 Å². The fraction of sp³-hybridized carbons (Fsp3) is 0.600. The first kappa shape index (κ1) is 21.6. The van der Waals surface area contributed by atoms with Gasteiger partial charge < -0.3 is 15.6 Å². The van der Waals surface area contributed by atoms with Crippen LogP contribution in [0, 0.1) is 17.8 Å². The number of isocyanates is 1. The predicted octanol–water partition coefficient (Wildman–Crippen LogP) is 4.55. The van der Waals surface area contributed by atoms with Gasteiger partial charge in [0.25, 0.3) is 0 Å². The van der Waals surface area contributed by atoms with Gasteiger partial charge in [0, 0.05) is 35.6 Å². The fourth-order valence-corrected chi connectivity index (χ4v) is 6.08. The van der Waals surface area contributed by atoms with Crippen LogP contribution in [0.15, 0.2) is 23.2 Å². The number of nitrogens with zero attached hydrogens (tertiary/aromatic N) is 1. The fourth-order valence-electron chi connectivity index (χ4n) is 6.08. The van der Waals surface area contributed by atoms with Crippen LogP contribution in [0.1, 0.15) is 63.3 Å². The lowest BCUT2D eigenvalue weighted by atomic mass is 9.63. The third-order valence-corrected chi connectivity index (χ3v) is 7.01. The number of carbonyl (C=O) groups is 1. The standard InChI is InChI=1S/C25H34N4O2/c1-16-5-8-21-20(9-16)19-7-6-17(10-22(19)29-21)28-23(31)26-14-25(4)12-18(27-15-30)11-24(2,3)13-25/h5,8-9,17-18,29H,6-7,10-14H2,1-4H3,(H2,26,28,31). The van der Waals surface area contributed by atoms with Crippen molar-refractivity contribution in [1.82, 2.24) is 15.6 Å². The van der Waals surface area contributed by atoms with Crippen molar-refractivity contribution in [2.24, 2.45) is 15.8 Å². The molecule has 0 radical (unpaired) electrons. The summed E-state index contributed by atoms with van der Waals surface area (Å²) in [5, 5.41) is 7.59. The van der Waals surface area contributed by atoms with E-state index in [4.69, 9.17) is 0 Å². The van der Waals surface area contributed by atoms with Crippen LogP contribution in [0.25, 0.3) is 10.9 Å². The van der Waals surface area contributed by atoms with Gasteiger partial charge >= 0.3 is 6.03 Å². The number of benzene rings is 1. The Morgan fingerprint density at radius 1 is 1.29 bits per heavy atom. The molecule has 6 nitrogen and oxygen atoms in total. The molecule has 6 heteroatoms. The largest absolute Gasteiger partial charge is 0.358 e. The first-order valence-electron chi connectivity index (χ1n) is 11.4. The summed E-state index contributed by atoms with van der Waals surface area (Å²) in [6.45, 7) is 9.30. The molecule has 4 rings (SSSR count). The Morgan fingerprint density at radius 3 is 2.87 bits per heavy atom. The summed E-state index contributed by atoms with van der Waals surface area (Å²) < 4.78 is 0. The summed E-state index contributed by atoms with van der Waals surface area (Å²) in [5.74, 6) is 0. The van der Waals surface area contributed by atoms with Gasteiger partial charge in [-0.1, -0.05) is 32.4 Å². The minimum Gasteiger partial charge on any atom is -0.358 e. The number of H-pyrrole nitrogens is 1. The minimum atomic E-state index is -0.111. The number of amides is 2. The molecule has 0 bridgehead atoms. The van der Waals surface area contributed by atoms with E-state index >= 15 is 0 Å². The van der Waals surface area contributed by atoms with Gasteiger partial charge in [-0.2, -0.15) is 0 Å². The third-order valence-electron chi connectivity index (χ3n) is 7.01. The summed E-state index contributed by atoms with van der Waals surface area (Å²) in [5.41, 5.74) is 5.10. The van der Waals surface area contributed by atoms with Crippen LogP contribution in [0.5, 0.6) is 0 Å². The number of carbonyl (C=O) groups excluding carboxylic acids is 2. The second-order valence-electron chi connectivity index (χ2n) is 10.8. The number of urea groups is 1. The van der Waals surface area contributed by atoms with Crippen molar-refractivity contribution in [3.8, 4) is 0 Å². The molecule has 1 aromatic heterocycles. The number of rotatable bonds is 4. The summed E-state index contributed by atoms with van der Waals surface area (Å²) in [7, 11) is 0. The Kier molecular flexibility index (Phi) is 5.69. The SMILES string of the molecule is Cc1ccc2[nH]c3c(c2c1)CCC(NC(=O)NCC1(C)CC(N=C=O)CC(C)(C)C1)C3. The van der Waals surface area contributed by atoms with Gasteiger partial charge in [-0.25, -0.2) is 14.6 Å². The monoisotopic (exact) mass is 422 g/mol. The molecule has 2 amide bonds. The highest BCUT2D eigenvalue weighted by molar-refractivity contribution is 5.85. The first-order valence-corrected chi connectivity index (χ1v) is 11.4. The van der Waals surface area contributed by atoms with Crippen LogP contribution in [-0.4, -0.2) is 35.7 Å². The van der Waals surface area contributed by atoms with Crippen LogP contribution < -0.4 is 10.6 Å². The van der Waals surface area contributed by atoms with Crippen molar-refractivity contribution in [2.75, 3.05) is 6.54 Å². The second-order valence-corrected chi connectivity index (χ2v) is 10.8. The van der Waals surface area contributed by atoms with E-state index in [0.29, 0.717) is 6.54 Å². The van der Waals surface area contributed by atoms with Crippen molar-refractivity contribution >= 4 is 23.0 Å². The van der Waals surface area contributed by atoms with Crippen molar-refractivity contribution in [3.05, 3.63) is 35.0 Å². The van der Waals surface area contributed by atoms with E-state index in [1.807, 2.05) is 0 Å². The molecule has 1 aromatic carbocycles. The molecule has 31 heavy (non-hydrogen) atoms. The summed E-state index contributed by atoms with van der Waals surface area (Å²) >= 11 is 0. The molecule has 1 saturated carbocycles. The maximum atomic E-state index is 12.7. The van der Waals surface area contributed by atoms with Gasteiger partial charge in [0.05, 0.1) is 6.04 Å². The lowest BCUT2D eigenvalue weighted by Crippen LogP contribution is -2.49. The average Bonchev–Trinajstić information content (AvgIpc) is 3.02. The molecule has 3 atom stereocenters. The molecule has 2 aliphatic rings. The zero-order valence-corrected chi connectivity index (χ0v) is 19.1. The van der Waals surface area contributed by atoms with Gasteiger partial charge in [0.1, 0.15) is 0 Å². The molecule has 166 valence electrons. The molecule has 3 unspecified atom stereocenters.